The number of rotatable bonds is 3. The van der Waals surface area contributed by atoms with E-state index in [1.54, 1.807) is 34.8 Å². The molecule has 1 aliphatic heterocycles. The highest BCUT2D eigenvalue weighted by Gasteiger charge is 2.33. The molecular formula is C12H18N4O2. The zero-order valence-electron chi connectivity index (χ0n) is 11.0. The van der Waals surface area contributed by atoms with Gasteiger partial charge in [-0.15, -0.1) is 0 Å². The molecule has 0 spiro atoms. The van der Waals surface area contributed by atoms with Gasteiger partial charge in [-0.3, -0.25) is 14.3 Å². The van der Waals surface area contributed by atoms with Crippen molar-refractivity contribution in [2.24, 2.45) is 13.0 Å². The van der Waals surface area contributed by atoms with Gasteiger partial charge in [0.2, 0.25) is 11.8 Å². The normalized spacial score (nSPS) is 19.4. The average Bonchev–Trinajstić information content (AvgIpc) is 2.85. The van der Waals surface area contributed by atoms with Gasteiger partial charge in [0.25, 0.3) is 0 Å². The number of amides is 2. The molecule has 1 aromatic rings. The van der Waals surface area contributed by atoms with Crippen molar-refractivity contribution in [1.29, 1.82) is 0 Å². The molecule has 6 nitrogen and oxygen atoms in total. The fraction of sp³-hybridized carbons (Fsp3) is 0.583. The van der Waals surface area contributed by atoms with Crippen molar-refractivity contribution in [2.45, 2.75) is 13.0 Å². The molecule has 1 atom stereocenters. The highest BCUT2D eigenvalue weighted by molar-refractivity contribution is 5.89. The third-order valence-corrected chi connectivity index (χ3v) is 3.24. The van der Waals surface area contributed by atoms with E-state index in [0.29, 0.717) is 19.5 Å². The SMILES string of the molecule is CN1CC(C(=O)N(C)Cc2cnn(C)c2)CC1=O. The van der Waals surface area contributed by atoms with Gasteiger partial charge in [-0.2, -0.15) is 5.10 Å². The summed E-state index contributed by atoms with van der Waals surface area (Å²) in [5.74, 6) is -0.135. The first-order valence-corrected chi connectivity index (χ1v) is 5.94. The minimum absolute atomic E-state index is 0.0246. The third-order valence-electron chi connectivity index (χ3n) is 3.24. The predicted octanol–water partition coefficient (Wildman–Crippen LogP) is -0.143. The van der Waals surface area contributed by atoms with Crippen molar-refractivity contribution < 1.29 is 9.59 Å². The molecule has 98 valence electrons. The van der Waals surface area contributed by atoms with Gasteiger partial charge in [0.15, 0.2) is 0 Å². The lowest BCUT2D eigenvalue weighted by Crippen LogP contribution is -2.33. The molecular weight excluding hydrogens is 232 g/mol. The molecule has 1 unspecified atom stereocenters. The van der Waals surface area contributed by atoms with Crippen LogP contribution in [-0.2, 0) is 23.2 Å². The van der Waals surface area contributed by atoms with E-state index in [2.05, 4.69) is 5.10 Å². The molecule has 2 heterocycles. The van der Waals surface area contributed by atoms with Crippen molar-refractivity contribution >= 4 is 11.8 Å². The van der Waals surface area contributed by atoms with Crippen LogP contribution in [0.25, 0.3) is 0 Å². The van der Waals surface area contributed by atoms with E-state index >= 15 is 0 Å². The topological polar surface area (TPSA) is 58.4 Å². The molecule has 1 aliphatic rings. The quantitative estimate of drug-likeness (QED) is 0.750. The van der Waals surface area contributed by atoms with Gasteiger partial charge < -0.3 is 9.80 Å². The number of carbonyl (C=O) groups is 2. The average molecular weight is 250 g/mol. The molecule has 0 aliphatic carbocycles. The molecule has 18 heavy (non-hydrogen) atoms. The van der Waals surface area contributed by atoms with Crippen LogP contribution >= 0.6 is 0 Å². The highest BCUT2D eigenvalue weighted by atomic mass is 16.2. The molecule has 0 N–H and O–H groups in total. The van der Waals surface area contributed by atoms with Gasteiger partial charge in [-0.05, 0) is 0 Å². The summed E-state index contributed by atoms with van der Waals surface area (Å²) in [5.41, 5.74) is 0.992. The maximum Gasteiger partial charge on any atom is 0.228 e. The van der Waals surface area contributed by atoms with E-state index in [0.717, 1.165) is 5.56 Å². The van der Waals surface area contributed by atoms with Crippen LogP contribution < -0.4 is 0 Å². The summed E-state index contributed by atoms with van der Waals surface area (Å²) in [6.45, 7) is 1.05. The Morgan fingerprint density at radius 2 is 2.28 bits per heavy atom. The number of hydrogen-bond acceptors (Lipinski definition) is 3. The third kappa shape index (κ3) is 2.52. The van der Waals surface area contributed by atoms with Crippen LogP contribution in [0.4, 0.5) is 0 Å². The Balaban J connectivity index is 1.95. The van der Waals surface area contributed by atoms with Crippen LogP contribution in [0.15, 0.2) is 12.4 Å². The van der Waals surface area contributed by atoms with Gasteiger partial charge in [-0.25, -0.2) is 0 Å². The van der Waals surface area contributed by atoms with Crippen molar-refractivity contribution in [3.8, 4) is 0 Å². The molecule has 6 heteroatoms. The summed E-state index contributed by atoms with van der Waals surface area (Å²) in [6, 6.07) is 0. The Bertz CT molecular complexity index is 468. The summed E-state index contributed by atoms with van der Waals surface area (Å²) in [7, 11) is 5.34. The number of carbonyl (C=O) groups excluding carboxylic acids is 2. The number of likely N-dealkylation sites (tertiary alicyclic amines) is 1. The molecule has 1 aromatic heterocycles. The Kier molecular flexibility index (Phi) is 3.36. The Hall–Kier alpha value is -1.85. The van der Waals surface area contributed by atoms with Crippen LogP contribution in [0.1, 0.15) is 12.0 Å². The van der Waals surface area contributed by atoms with Crippen LogP contribution in [-0.4, -0.2) is 52.0 Å². The molecule has 0 radical (unpaired) electrons. The van der Waals surface area contributed by atoms with Crippen molar-refractivity contribution in [3.63, 3.8) is 0 Å². The van der Waals surface area contributed by atoms with Gasteiger partial charge in [0, 0.05) is 52.4 Å². The fourth-order valence-corrected chi connectivity index (χ4v) is 2.25. The van der Waals surface area contributed by atoms with Crippen LogP contribution in [0.5, 0.6) is 0 Å². The standard InChI is InChI=1S/C12H18N4O2/c1-14-8-10(4-11(14)17)12(18)15(2)6-9-5-13-16(3)7-9/h5,7,10H,4,6,8H2,1-3H3. The number of hydrogen-bond donors (Lipinski definition) is 0. The Labute approximate surface area is 106 Å². The van der Waals surface area contributed by atoms with Gasteiger partial charge >= 0.3 is 0 Å². The first-order valence-electron chi connectivity index (χ1n) is 5.94. The zero-order valence-corrected chi connectivity index (χ0v) is 11.0. The summed E-state index contributed by atoms with van der Waals surface area (Å²) in [4.78, 5) is 26.9. The molecule has 2 amide bonds. The summed E-state index contributed by atoms with van der Waals surface area (Å²) >= 11 is 0. The maximum absolute atomic E-state index is 12.2. The first kappa shape index (κ1) is 12.6. The second-order valence-corrected chi connectivity index (χ2v) is 4.89. The maximum atomic E-state index is 12.2. The molecule has 2 rings (SSSR count). The van der Waals surface area contributed by atoms with Gasteiger partial charge in [0.05, 0.1) is 12.1 Å². The second-order valence-electron chi connectivity index (χ2n) is 4.89. The summed E-state index contributed by atoms with van der Waals surface area (Å²) in [6.07, 6.45) is 3.96. The largest absolute Gasteiger partial charge is 0.345 e. The molecule has 1 saturated heterocycles. The first-order chi connectivity index (χ1) is 8.47. The van der Waals surface area contributed by atoms with E-state index < -0.39 is 0 Å². The fourth-order valence-electron chi connectivity index (χ4n) is 2.25. The van der Waals surface area contributed by atoms with Crippen LogP contribution in [0.3, 0.4) is 0 Å². The summed E-state index contributed by atoms with van der Waals surface area (Å²) < 4.78 is 1.71. The minimum Gasteiger partial charge on any atom is -0.345 e. The summed E-state index contributed by atoms with van der Waals surface area (Å²) in [5, 5.41) is 4.07. The van der Waals surface area contributed by atoms with E-state index in [-0.39, 0.29) is 17.7 Å². The van der Waals surface area contributed by atoms with Crippen molar-refractivity contribution in [2.75, 3.05) is 20.6 Å². The number of aromatic nitrogens is 2. The van der Waals surface area contributed by atoms with E-state index in [1.807, 2.05) is 13.2 Å². The molecule has 1 fully saturated rings. The zero-order chi connectivity index (χ0) is 13.3. The number of aryl methyl sites for hydroxylation is 1. The molecule has 0 saturated carbocycles. The Morgan fingerprint density at radius 1 is 1.56 bits per heavy atom. The smallest absolute Gasteiger partial charge is 0.228 e. The van der Waals surface area contributed by atoms with Crippen LogP contribution in [0, 0.1) is 5.92 Å². The van der Waals surface area contributed by atoms with E-state index in [4.69, 9.17) is 0 Å². The van der Waals surface area contributed by atoms with E-state index in [9.17, 15) is 9.59 Å². The van der Waals surface area contributed by atoms with Gasteiger partial charge in [-0.1, -0.05) is 0 Å². The monoisotopic (exact) mass is 250 g/mol. The van der Waals surface area contributed by atoms with Crippen molar-refractivity contribution in [3.05, 3.63) is 18.0 Å². The lowest BCUT2D eigenvalue weighted by atomic mass is 10.1. The van der Waals surface area contributed by atoms with E-state index in [1.165, 1.54) is 0 Å². The lowest BCUT2D eigenvalue weighted by molar-refractivity contribution is -0.135. The van der Waals surface area contributed by atoms with Gasteiger partial charge in [0.1, 0.15) is 0 Å². The number of nitrogens with zero attached hydrogens (tertiary/aromatic N) is 4. The second kappa shape index (κ2) is 4.80. The molecule has 0 bridgehead atoms. The lowest BCUT2D eigenvalue weighted by Gasteiger charge is -2.19. The molecule has 0 aromatic carbocycles. The van der Waals surface area contributed by atoms with Crippen LogP contribution in [0.2, 0.25) is 0 Å². The highest BCUT2D eigenvalue weighted by Crippen LogP contribution is 2.18. The predicted molar refractivity (Wildman–Crippen MR) is 65.4 cm³/mol. The Morgan fingerprint density at radius 3 is 2.78 bits per heavy atom. The minimum atomic E-state index is -0.204. The van der Waals surface area contributed by atoms with Crippen molar-refractivity contribution in [1.82, 2.24) is 19.6 Å².